The van der Waals surface area contributed by atoms with E-state index in [1.807, 2.05) is 0 Å². The second-order valence-corrected chi connectivity index (χ2v) is 10.6. The first-order chi connectivity index (χ1) is 11.5. The van der Waals surface area contributed by atoms with E-state index in [4.69, 9.17) is 0 Å². The molecule has 148 valence electrons. The van der Waals surface area contributed by atoms with Gasteiger partial charge in [0.15, 0.2) is 5.54 Å². The average Bonchev–Trinajstić information content (AvgIpc) is 2.44. The SMILES string of the molecule is CC(C)(C)[S+]([O-])NC(CC(C)(C)C(F)(F)F)(C(=O)O)c1ccc(Br)cc1. The van der Waals surface area contributed by atoms with Crippen LogP contribution >= 0.6 is 15.9 Å². The number of halogens is 4. The Morgan fingerprint density at radius 2 is 1.62 bits per heavy atom. The molecule has 2 N–H and O–H groups in total. The molecule has 0 radical (unpaired) electrons. The molecule has 0 heterocycles. The Balaban J connectivity index is 3.56. The van der Waals surface area contributed by atoms with Crippen molar-refractivity contribution in [3.05, 3.63) is 34.3 Å². The highest BCUT2D eigenvalue weighted by Gasteiger charge is 2.57. The number of carboxylic acid groups (broad SMARTS) is 1. The number of hydrogen-bond acceptors (Lipinski definition) is 3. The number of alkyl halides is 3. The van der Waals surface area contributed by atoms with Gasteiger partial charge in [-0.2, -0.15) is 13.2 Å². The van der Waals surface area contributed by atoms with E-state index >= 15 is 0 Å². The number of rotatable bonds is 6. The Bertz CT molecular complexity index is 644. The van der Waals surface area contributed by atoms with E-state index in [2.05, 4.69) is 20.7 Å². The average molecular weight is 458 g/mol. The summed E-state index contributed by atoms with van der Waals surface area (Å²) in [5.74, 6) is -1.52. The monoisotopic (exact) mass is 457 g/mol. The molecule has 9 heteroatoms. The molecule has 0 amide bonds. The molecule has 2 atom stereocenters. The van der Waals surface area contributed by atoms with E-state index in [1.54, 1.807) is 20.8 Å². The highest BCUT2D eigenvalue weighted by molar-refractivity contribution is 9.10. The van der Waals surface area contributed by atoms with Crippen LogP contribution in [-0.4, -0.2) is 26.6 Å². The Labute approximate surface area is 163 Å². The number of aliphatic carboxylic acids is 1. The fourth-order valence-corrected chi connectivity index (χ4v) is 3.41. The standard InChI is InChI=1S/C17H23BrF3NO3S/c1-14(2,3)26(25)22-16(13(23)24,10-15(4,5)17(19,20)21)11-6-8-12(18)9-7-11/h6-9,22H,10H2,1-5H3,(H,23,24). The fourth-order valence-electron chi connectivity index (χ4n) is 2.25. The molecule has 4 nitrogen and oxygen atoms in total. The smallest absolute Gasteiger partial charge is 0.394 e. The first-order valence-electron chi connectivity index (χ1n) is 7.79. The molecule has 0 bridgehead atoms. The van der Waals surface area contributed by atoms with Crippen molar-refractivity contribution in [1.82, 2.24) is 4.72 Å². The van der Waals surface area contributed by atoms with Crippen LogP contribution in [0.4, 0.5) is 13.2 Å². The zero-order valence-corrected chi connectivity index (χ0v) is 17.6. The van der Waals surface area contributed by atoms with Crippen molar-refractivity contribution in [2.45, 2.75) is 57.5 Å². The van der Waals surface area contributed by atoms with Crippen LogP contribution < -0.4 is 4.72 Å². The Morgan fingerprint density at radius 1 is 1.15 bits per heavy atom. The van der Waals surface area contributed by atoms with E-state index in [1.165, 1.54) is 24.3 Å². The first-order valence-corrected chi connectivity index (χ1v) is 9.73. The van der Waals surface area contributed by atoms with Gasteiger partial charge in [-0.1, -0.05) is 41.9 Å². The molecule has 2 unspecified atom stereocenters. The predicted octanol–water partition coefficient (Wildman–Crippen LogP) is 4.76. The molecule has 1 rings (SSSR count). The lowest BCUT2D eigenvalue weighted by Gasteiger charge is -2.40. The predicted molar refractivity (Wildman–Crippen MR) is 98.9 cm³/mol. The van der Waals surface area contributed by atoms with E-state index in [0.717, 1.165) is 13.8 Å². The van der Waals surface area contributed by atoms with Crippen LogP contribution in [0.1, 0.15) is 46.6 Å². The van der Waals surface area contributed by atoms with Gasteiger partial charge in [0.05, 0.1) is 5.41 Å². The van der Waals surface area contributed by atoms with Gasteiger partial charge in [0, 0.05) is 15.8 Å². The van der Waals surface area contributed by atoms with Crippen molar-refractivity contribution >= 4 is 33.3 Å². The largest absolute Gasteiger partial charge is 0.598 e. The van der Waals surface area contributed by atoms with Crippen molar-refractivity contribution in [3.8, 4) is 0 Å². The molecule has 26 heavy (non-hydrogen) atoms. The van der Waals surface area contributed by atoms with Gasteiger partial charge in [0.25, 0.3) is 0 Å². The Morgan fingerprint density at radius 3 is 1.96 bits per heavy atom. The van der Waals surface area contributed by atoms with E-state index in [9.17, 15) is 27.6 Å². The third kappa shape index (κ3) is 5.15. The normalized spacial score (nSPS) is 16.8. The van der Waals surface area contributed by atoms with Gasteiger partial charge in [0.1, 0.15) is 4.75 Å². The zero-order chi connectivity index (χ0) is 20.6. The van der Waals surface area contributed by atoms with Crippen molar-refractivity contribution in [2.75, 3.05) is 0 Å². The molecule has 1 aromatic carbocycles. The minimum atomic E-state index is -4.63. The van der Waals surface area contributed by atoms with Crippen LogP contribution in [-0.2, 0) is 21.7 Å². The molecule has 0 saturated heterocycles. The van der Waals surface area contributed by atoms with Crippen molar-refractivity contribution in [1.29, 1.82) is 0 Å². The van der Waals surface area contributed by atoms with Crippen LogP contribution in [0.15, 0.2) is 28.7 Å². The summed E-state index contributed by atoms with van der Waals surface area (Å²) in [6, 6.07) is 5.90. The summed E-state index contributed by atoms with van der Waals surface area (Å²) in [7, 11) is 0. The topological polar surface area (TPSA) is 72.4 Å². The molecule has 0 aliphatic carbocycles. The van der Waals surface area contributed by atoms with Crippen LogP contribution in [0.2, 0.25) is 0 Å². The summed E-state index contributed by atoms with van der Waals surface area (Å²) in [5.41, 5.74) is -4.39. The summed E-state index contributed by atoms with van der Waals surface area (Å²) in [6.45, 7) is 6.70. The lowest BCUT2D eigenvalue weighted by molar-refractivity contribution is -0.219. The van der Waals surface area contributed by atoms with Gasteiger partial charge < -0.3 is 9.66 Å². The van der Waals surface area contributed by atoms with Gasteiger partial charge in [-0.25, -0.2) is 4.79 Å². The van der Waals surface area contributed by atoms with Crippen LogP contribution in [0, 0.1) is 5.41 Å². The Kier molecular flexibility index (Phi) is 6.88. The summed E-state index contributed by atoms with van der Waals surface area (Å²) in [6.07, 6.45) is -5.45. The summed E-state index contributed by atoms with van der Waals surface area (Å²) in [4.78, 5) is 12.2. The zero-order valence-electron chi connectivity index (χ0n) is 15.2. The highest BCUT2D eigenvalue weighted by Crippen LogP contribution is 2.46. The molecule has 0 aliphatic heterocycles. The number of benzene rings is 1. The van der Waals surface area contributed by atoms with Crippen molar-refractivity contribution in [3.63, 3.8) is 0 Å². The lowest BCUT2D eigenvalue weighted by Crippen LogP contribution is -2.58. The summed E-state index contributed by atoms with van der Waals surface area (Å²) >= 11 is 1.31. The second kappa shape index (κ2) is 7.69. The second-order valence-electron chi connectivity index (χ2n) is 7.76. The van der Waals surface area contributed by atoms with Gasteiger partial charge >= 0.3 is 12.1 Å². The van der Waals surface area contributed by atoms with Crippen molar-refractivity contribution < 1.29 is 27.6 Å². The lowest BCUT2D eigenvalue weighted by atomic mass is 9.75. The first kappa shape index (κ1) is 23.3. The molecule has 0 aromatic heterocycles. The summed E-state index contributed by atoms with van der Waals surface area (Å²) < 4.78 is 55.3. The fraction of sp³-hybridized carbons (Fsp3) is 0.588. The highest BCUT2D eigenvalue weighted by atomic mass is 79.9. The molecule has 1 aromatic rings. The van der Waals surface area contributed by atoms with E-state index < -0.39 is 45.6 Å². The van der Waals surface area contributed by atoms with Gasteiger partial charge in [-0.3, -0.25) is 0 Å². The number of carbonyl (C=O) groups is 1. The minimum absolute atomic E-state index is 0.100. The van der Waals surface area contributed by atoms with Crippen LogP contribution in [0.25, 0.3) is 0 Å². The van der Waals surface area contributed by atoms with Gasteiger partial charge in [0.2, 0.25) is 0 Å². The molecule has 0 fully saturated rings. The molecular weight excluding hydrogens is 435 g/mol. The number of hydrogen-bond donors (Lipinski definition) is 2. The molecular formula is C17H23BrF3NO3S. The van der Waals surface area contributed by atoms with Crippen LogP contribution in [0.3, 0.4) is 0 Å². The van der Waals surface area contributed by atoms with Crippen LogP contribution in [0.5, 0.6) is 0 Å². The molecule has 0 spiro atoms. The van der Waals surface area contributed by atoms with E-state index in [0.29, 0.717) is 4.47 Å². The maximum atomic E-state index is 13.5. The number of nitrogens with one attached hydrogen (secondary N) is 1. The maximum absolute atomic E-state index is 13.5. The van der Waals surface area contributed by atoms with Gasteiger partial charge in [-0.15, -0.1) is 4.72 Å². The minimum Gasteiger partial charge on any atom is -0.598 e. The number of carboxylic acids is 1. The molecule has 0 aliphatic rings. The maximum Gasteiger partial charge on any atom is 0.394 e. The van der Waals surface area contributed by atoms with Gasteiger partial charge in [-0.05, 0) is 44.9 Å². The Hall–Kier alpha value is -0.770. The third-order valence-electron chi connectivity index (χ3n) is 4.00. The van der Waals surface area contributed by atoms with E-state index in [-0.39, 0.29) is 5.56 Å². The third-order valence-corrected chi connectivity index (χ3v) is 6.17. The quantitative estimate of drug-likeness (QED) is 0.603. The van der Waals surface area contributed by atoms with Crippen molar-refractivity contribution in [2.24, 2.45) is 5.41 Å². The molecule has 0 saturated carbocycles. The summed E-state index contributed by atoms with van der Waals surface area (Å²) in [5, 5.41) is 9.91.